The number of benzene rings is 1. The highest BCUT2D eigenvalue weighted by Gasteiger charge is 2.21. The Morgan fingerprint density at radius 2 is 2.06 bits per heavy atom. The molecular formula is C13H17N3O. The lowest BCUT2D eigenvalue weighted by molar-refractivity contribution is 0.189. The molecular weight excluding hydrogens is 214 g/mol. The highest BCUT2D eigenvalue weighted by Crippen LogP contribution is 2.11. The monoisotopic (exact) mass is 231 g/mol. The van der Waals surface area contributed by atoms with Crippen molar-refractivity contribution in [2.24, 2.45) is 0 Å². The normalized spacial score (nSPS) is 21.1. The number of hydrogen-bond donors (Lipinski definition) is 2. The molecule has 1 aromatic carbocycles. The lowest BCUT2D eigenvalue weighted by atomic mass is 10.1. The molecule has 1 aromatic rings. The Bertz CT molecular complexity index is 396. The van der Waals surface area contributed by atoms with Crippen molar-refractivity contribution in [3.8, 4) is 6.07 Å². The summed E-state index contributed by atoms with van der Waals surface area (Å²) in [6, 6.07) is 10.2. The Hall–Kier alpha value is -1.41. The molecule has 1 saturated heterocycles. The maximum atomic E-state index is 9.06. The molecule has 0 saturated carbocycles. The van der Waals surface area contributed by atoms with E-state index in [2.05, 4.69) is 16.3 Å². The van der Waals surface area contributed by atoms with Crippen molar-refractivity contribution in [1.29, 1.82) is 5.26 Å². The predicted octanol–water partition coefficient (Wildman–Crippen LogP) is 0.476. The summed E-state index contributed by atoms with van der Waals surface area (Å²) >= 11 is 0. The smallest absolute Gasteiger partial charge is 0.111 e. The van der Waals surface area contributed by atoms with Crippen molar-refractivity contribution in [1.82, 2.24) is 10.2 Å². The summed E-state index contributed by atoms with van der Waals surface area (Å²) in [5.74, 6) is 0. The quantitative estimate of drug-likeness (QED) is 0.794. The number of nitriles is 1. The van der Waals surface area contributed by atoms with Crippen molar-refractivity contribution < 1.29 is 5.11 Å². The van der Waals surface area contributed by atoms with E-state index < -0.39 is 0 Å². The van der Waals surface area contributed by atoms with Crippen molar-refractivity contribution in [3.63, 3.8) is 0 Å². The maximum absolute atomic E-state index is 9.06. The number of aliphatic hydroxyl groups excluding tert-OH is 1. The highest BCUT2D eigenvalue weighted by molar-refractivity contribution is 5.22. The minimum atomic E-state index is -0.0405. The molecule has 0 aliphatic carbocycles. The fourth-order valence-electron chi connectivity index (χ4n) is 2.05. The van der Waals surface area contributed by atoms with E-state index in [1.54, 1.807) is 0 Å². The molecule has 1 unspecified atom stereocenters. The van der Waals surface area contributed by atoms with Crippen LogP contribution in [0.25, 0.3) is 0 Å². The van der Waals surface area contributed by atoms with Crippen LogP contribution in [0.3, 0.4) is 0 Å². The Balaban J connectivity index is 2.01. The van der Waals surface area contributed by atoms with Crippen LogP contribution in [0, 0.1) is 11.3 Å². The predicted molar refractivity (Wildman–Crippen MR) is 65.0 cm³/mol. The minimum Gasteiger partial charge on any atom is -0.392 e. The molecule has 2 rings (SSSR count). The van der Waals surface area contributed by atoms with E-state index in [-0.39, 0.29) is 12.6 Å². The summed E-state index contributed by atoms with van der Waals surface area (Å²) in [5.41, 5.74) is 2.11. The average Bonchev–Trinajstić information content (AvgIpc) is 2.40. The van der Waals surface area contributed by atoms with Crippen LogP contribution in [-0.2, 0) is 13.2 Å². The van der Waals surface area contributed by atoms with E-state index in [0.29, 0.717) is 0 Å². The molecule has 90 valence electrons. The standard InChI is InChI=1S/C13H17N3O/c14-7-13-8-15-5-6-16(13)9-11-1-3-12(10-17)4-2-11/h1-4,13,15,17H,5-6,8-10H2. The van der Waals surface area contributed by atoms with Crippen LogP contribution in [0.2, 0.25) is 0 Å². The van der Waals surface area contributed by atoms with E-state index in [1.165, 1.54) is 5.56 Å². The number of piperazine rings is 1. The molecule has 0 amide bonds. The second-order valence-corrected chi connectivity index (χ2v) is 4.29. The van der Waals surface area contributed by atoms with Gasteiger partial charge in [-0.05, 0) is 11.1 Å². The van der Waals surface area contributed by atoms with Gasteiger partial charge in [0.15, 0.2) is 0 Å². The fourth-order valence-corrected chi connectivity index (χ4v) is 2.05. The summed E-state index contributed by atoms with van der Waals surface area (Å²) < 4.78 is 0. The third-order valence-corrected chi connectivity index (χ3v) is 3.09. The van der Waals surface area contributed by atoms with E-state index >= 15 is 0 Å². The summed E-state index contributed by atoms with van der Waals surface area (Å²) in [4.78, 5) is 2.18. The summed E-state index contributed by atoms with van der Waals surface area (Å²) in [5, 5.41) is 21.2. The van der Waals surface area contributed by atoms with Crippen LogP contribution >= 0.6 is 0 Å². The van der Waals surface area contributed by atoms with Crippen molar-refractivity contribution in [2.75, 3.05) is 19.6 Å². The molecule has 1 fully saturated rings. The molecule has 1 atom stereocenters. The molecule has 0 bridgehead atoms. The lowest BCUT2D eigenvalue weighted by Gasteiger charge is -2.31. The molecule has 17 heavy (non-hydrogen) atoms. The van der Waals surface area contributed by atoms with Gasteiger partial charge in [-0.25, -0.2) is 0 Å². The summed E-state index contributed by atoms with van der Waals surface area (Å²) in [7, 11) is 0. The van der Waals surface area contributed by atoms with E-state index in [0.717, 1.165) is 31.7 Å². The van der Waals surface area contributed by atoms with Crippen molar-refractivity contribution in [2.45, 2.75) is 19.2 Å². The topological polar surface area (TPSA) is 59.3 Å². The lowest BCUT2D eigenvalue weighted by Crippen LogP contribution is -2.49. The zero-order valence-corrected chi connectivity index (χ0v) is 9.76. The third-order valence-electron chi connectivity index (χ3n) is 3.09. The van der Waals surface area contributed by atoms with Gasteiger partial charge in [0.1, 0.15) is 6.04 Å². The first-order valence-corrected chi connectivity index (χ1v) is 5.86. The van der Waals surface area contributed by atoms with Crippen LogP contribution in [-0.4, -0.2) is 35.7 Å². The Kier molecular flexibility index (Phi) is 4.10. The zero-order valence-electron chi connectivity index (χ0n) is 9.76. The largest absolute Gasteiger partial charge is 0.392 e. The van der Waals surface area contributed by atoms with Crippen LogP contribution < -0.4 is 5.32 Å². The van der Waals surface area contributed by atoms with Gasteiger partial charge < -0.3 is 10.4 Å². The molecule has 1 heterocycles. The van der Waals surface area contributed by atoms with Crippen molar-refractivity contribution in [3.05, 3.63) is 35.4 Å². The maximum Gasteiger partial charge on any atom is 0.111 e. The van der Waals surface area contributed by atoms with Gasteiger partial charge in [-0.15, -0.1) is 0 Å². The first-order chi connectivity index (χ1) is 8.33. The first kappa shape index (κ1) is 12.1. The molecule has 1 aliphatic rings. The molecule has 4 nitrogen and oxygen atoms in total. The van der Waals surface area contributed by atoms with E-state index in [4.69, 9.17) is 10.4 Å². The first-order valence-electron chi connectivity index (χ1n) is 5.86. The van der Waals surface area contributed by atoms with Gasteiger partial charge in [0.25, 0.3) is 0 Å². The number of aliphatic hydroxyl groups is 1. The zero-order chi connectivity index (χ0) is 12.1. The number of nitrogens with zero attached hydrogens (tertiary/aromatic N) is 2. The van der Waals surface area contributed by atoms with Gasteiger partial charge in [0, 0.05) is 26.2 Å². The molecule has 2 N–H and O–H groups in total. The van der Waals surface area contributed by atoms with Crippen LogP contribution in [0.1, 0.15) is 11.1 Å². The van der Waals surface area contributed by atoms with Crippen LogP contribution in [0.15, 0.2) is 24.3 Å². The molecule has 1 aliphatic heterocycles. The number of rotatable bonds is 3. The van der Waals surface area contributed by atoms with E-state index in [1.807, 2.05) is 24.3 Å². The number of hydrogen-bond acceptors (Lipinski definition) is 4. The van der Waals surface area contributed by atoms with Crippen LogP contribution in [0.5, 0.6) is 0 Å². The van der Waals surface area contributed by atoms with Gasteiger partial charge in [-0.2, -0.15) is 5.26 Å². The van der Waals surface area contributed by atoms with Crippen LogP contribution in [0.4, 0.5) is 0 Å². The van der Waals surface area contributed by atoms with Gasteiger partial charge in [0.2, 0.25) is 0 Å². The Labute approximate surface area is 101 Å². The second-order valence-electron chi connectivity index (χ2n) is 4.29. The molecule has 4 heteroatoms. The van der Waals surface area contributed by atoms with Gasteiger partial charge in [-0.3, -0.25) is 4.90 Å². The van der Waals surface area contributed by atoms with Crippen molar-refractivity contribution >= 4 is 0 Å². The number of nitrogens with one attached hydrogen (secondary N) is 1. The van der Waals surface area contributed by atoms with E-state index in [9.17, 15) is 0 Å². The third kappa shape index (κ3) is 3.04. The Morgan fingerprint density at radius 3 is 2.71 bits per heavy atom. The van der Waals surface area contributed by atoms with Gasteiger partial charge in [-0.1, -0.05) is 24.3 Å². The van der Waals surface area contributed by atoms with Gasteiger partial charge in [0.05, 0.1) is 12.7 Å². The highest BCUT2D eigenvalue weighted by atomic mass is 16.3. The molecule has 0 aromatic heterocycles. The SMILES string of the molecule is N#CC1CNCCN1Cc1ccc(CO)cc1. The fraction of sp³-hybridized carbons (Fsp3) is 0.462. The second kappa shape index (κ2) is 5.78. The summed E-state index contributed by atoms with van der Waals surface area (Å²) in [6.45, 7) is 3.46. The minimum absolute atomic E-state index is 0.0405. The van der Waals surface area contributed by atoms with Gasteiger partial charge >= 0.3 is 0 Å². The molecule has 0 spiro atoms. The average molecular weight is 231 g/mol. The molecule has 0 radical (unpaired) electrons. The Morgan fingerprint density at radius 1 is 1.35 bits per heavy atom. The summed E-state index contributed by atoms with van der Waals surface area (Å²) in [6.07, 6.45) is 0.